The highest BCUT2D eigenvalue weighted by atomic mass is 16.5. The first-order valence-corrected chi connectivity index (χ1v) is 8.60. The molecule has 1 spiro atoms. The summed E-state index contributed by atoms with van der Waals surface area (Å²) in [5, 5.41) is 0. The summed E-state index contributed by atoms with van der Waals surface area (Å²) in [4.78, 5) is 5.23. The molecule has 0 bridgehead atoms. The lowest BCUT2D eigenvalue weighted by Gasteiger charge is -2.39. The van der Waals surface area contributed by atoms with Crippen LogP contribution in [0, 0.1) is 5.41 Å². The van der Waals surface area contributed by atoms with Gasteiger partial charge in [0.1, 0.15) is 0 Å². The average molecular weight is 306 g/mol. The Balaban J connectivity index is 1.57. The van der Waals surface area contributed by atoms with Crippen LogP contribution in [-0.4, -0.2) is 55.2 Å². The van der Waals surface area contributed by atoms with E-state index in [0.717, 1.165) is 13.2 Å². The third kappa shape index (κ3) is 3.39. The van der Waals surface area contributed by atoms with Crippen molar-refractivity contribution in [3.8, 4) is 0 Å². The maximum Gasteiger partial charge on any atom is 0.0947 e. The van der Waals surface area contributed by atoms with Gasteiger partial charge in [-0.3, -0.25) is 9.80 Å². The molecule has 3 rings (SSSR count). The van der Waals surface area contributed by atoms with E-state index in [-0.39, 0.29) is 0 Å². The molecule has 0 radical (unpaired) electrons. The molecule has 0 N–H and O–H groups in total. The maximum atomic E-state index is 5.47. The first-order chi connectivity index (χ1) is 10.6. The van der Waals surface area contributed by atoms with Gasteiger partial charge in [0.2, 0.25) is 0 Å². The van der Waals surface area contributed by atoms with Gasteiger partial charge < -0.3 is 9.15 Å². The lowest BCUT2D eigenvalue weighted by atomic mass is 9.76. The smallest absolute Gasteiger partial charge is 0.0947 e. The highest BCUT2D eigenvalue weighted by Gasteiger charge is 2.45. The largest absolute Gasteiger partial charge is 0.472 e. The van der Waals surface area contributed by atoms with Crippen molar-refractivity contribution in [2.24, 2.45) is 5.41 Å². The molecule has 2 aliphatic rings. The first kappa shape index (κ1) is 16.0. The minimum absolute atomic E-state index is 0.514. The highest BCUT2D eigenvalue weighted by Crippen LogP contribution is 2.44. The first-order valence-electron chi connectivity index (χ1n) is 8.60. The summed E-state index contributed by atoms with van der Waals surface area (Å²) in [6.07, 6.45) is 7.57. The Morgan fingerprint density at radius 3 is 2.73 bits per heavy atom. The molecule has 2 aliphatic heterocycles. The van der Waals surface area contributed by atoms with Crippen LogP contribution >= 0.6 is 0 Å². The molecule has 0 aliphatic carbocycles. The normalized spacial score (nSPS) is 26.3. The van der Waals surface area contributed by atoms with Gasteiger partial charge in [-0.1, -0.05) is 0 Å². The zero-order valence-corrected chi connectivity index (χ0v) is 14.3. The Bertz CT molecular complexity index is 450. The summed E-state index contributed by atoms with van der Waals surface area (Å²) in [5.74, 6) is 0. The van der Waals surface area contributed by atoms with Gasteiger partial charge in [0.25, 0.3) is 0 Å². The number of nitrogens with zero attached hydrogens (tertiary/aromatic N) is 2. The summed E-state index contributed by atoms with van der Waals surface area (Å²) < 4.78 is 10.7. The Morgan fingerprint density at radius 2 is 2.14 bits per heavy atom. The SMILES string of the molecule is COC[C@H]1CC2(CCN(Cc3ccoc3)CC2)CN1C(C)C. The Labute approximate surface area is 134 Å². The molecule has 4 heteroatoms. The Morgan fingerprint density at radius 1 is 1.36 bits per heavy atom. The van der Waals surface area contributed by atoms with E-state index in [1.54, 1.807) is 6.26 Å². The Hall–Kier alpha value is -0.840. The molecule has 3 heterocycles. The molecule has 22 heavy (non-hydrogen) atoms. The van der Waals surface area contributed by atoms with Crippen LogP contribution in [0.15, 0.2) is 23.0 Å². The Kier molecular flexibility index (Phi) is 4.91. The van der Waals surface area contributed by atoms with E-state index >= 15 is 0 Å². The van der Waals surface area contributed by atoms with E-state index in [1.165, 1.54) is 44.5 Å². The molecule has 0 saturated carbocycles. The minimum Gasteiger partial charge on any atom is -0.472 e. The number of furan rings is 1. The number of likely N-dealkylation sites (tertiary alicyclic amines) is 2. The van der Waals surface area contributed by atoms with Crippen LogP contribution in [-0.2, 0) is 11.3 Å². The summed E-state index contributed by atoms with van der Waals surface area (Å²) in [6, 6.07) is 3.30. The van der Waals surface area contributed by atoms with Crippen molar-refractivity contribution in [3.63, 3.8) is 0 Å². The van der Waals surface area contributed by atoms with Crippen LogP contribution in [0.2, 0.25) is 0 Å². The number of ether oxygens (including phenoxy) is 1. The minimum atomic E-state index is 0.514. The quantitative estimate of drug-likeness (QED) is 0.836. The van der Waals surface area contributed by atoms with Gasteiger partial charge in [-0.15, -0.1) is 0 Å². The molecule has 2 saturated heterocycles. The van der Waals surface area contributed by atoms with Crippen molar-refractivity contribution < 1.29 is 9.15 Å². The van der Waals surface area contributed by atoms with Crippen LogP contribution in [0.5, 0.6) is 0 Å². The predicted octanol–water partition coefficient (Wildman–Crippen LogP) is 2.99. The molecule has 0 aromatic carbocycles. The average Bonchev–Trinajstić information content (AvgIpc) is 3.11. The molecule has 1 aromatic heterocycles. The number of methoxy groups -OCH3 is 1. The summed E-state index contributed by atoms with van der Waals surface area (Å²) in [5.41, 5.74) is 1.81. The van der Waals surface area contributed by atoms with Crippen molar-refractivity contribution in [2.45, 2.75) is 51.7 Å². The molecular weight excluding hydrogens is 276 g/mol. The summed E-state index contributed by atoms with van der Waals surface area (Å²) in [7, 11) is 1.83. The van der Waals surface area contributed by atoms with Gasteiger partial charge in [-0.2, -0.15) is 0 Å². The van der Waals surface area contributed by atoms with E-state index < -0.39 is 0 Å². The third-order valence-electron chi connectivity index (χ3n) is 5.58. The number of hydrogen-bond donors (Lipinski definition) is 0. The maximum absolute atomic E-state index is 5.47. The van der Waals surface area contributed by atoms with Crippen molar-refractivity contribution in [1.29, 1.82) is 0 Å². The van der Waals surface area contributed by atoms with Crippen LogP contribution in [0.25, 0.3) is 0 Å². The fourth-order valence-corrected chi connectivity index (χ4v) is 4.34. The molecule has 1 aromatic rings. The highest BCUT2D eigenvalue weighted by molar-refractivity contribution is 5.06. The van der Waals surface area contributed by atoms with Crippen LogP contribution < -0.4 is 0 Å². The second kappa shape index (κ2) is 6.73. The van der Waals surface area contributed by atoms with Gasteiger partial charge in [-0.05, 0) is 57.7 Å². The van der Waals surface area contributed by atoms with Crippen LogP contribution in [0.1, 0.15) is 38.7 Å². The van der Waals surface area contributed by atoms with Crippen molar-refractivity contribution >= 4 is 0 Å². The zero-order chi connectivity index (χ0) is 15.6. The zero-order valence-electron chi connectivity index (χ0n) is 14.3. The van der Waals surface area contributed by atoms with Crippen molar-refractivity contribution in [1.82, 2.24) is 9.80 Å². The summed E-state index contributed by atoms with van der Waals surface area (Å²) in [6.45, 7) is 10.2. The molecule has 0 amide bonds. The lowest BCUT2D eigenvalue weighted by molar-refractivity contribution is 0.0915. The topological polar surface area (TPSA) is 28.9 Å². The second-order valence-electron chi connectivity index (χ2n) is 7.49. The van der Waals surface area contributed by atoms with Crippen molar-refractivity contribution in [2.75, 3.05) is 33.4 Å². The fraction of sp³-hybridized carbons (Fsp3) is 0.778. The van der Waals surface area contributed by atoms with E-state index in [9.17, 15) is 0 Å². The third-order valence-corrected chi connectivity index (χ3v) is 5.58. The van der Waals surface area contributed by atoms with Crippen molar-refractivity contribution in [3.05, 3.63) is 24.2 Å². The van der Waals surface area contributed by atoms with E-state index in [0.29, 0.717) is 17.5 Å². The molecule has 2 fully saturated rings. The molecular formula is C18H30N2O2. The molecule has 0 unspecified atom stereocenters. The van der Waals surface area contributed by atoms with Crippen LogP contribution in [0.4, 0.5) is 0 Å². The van der Waals surface area contributed by atoms with Gasteiger partial charge in [-0.25, -0.2) is 0 Å². The number of hydrogen-bond acceptors (Lipinski definition) is 4. The van der Waals surface area contributed by atoms with Gasteiger partial charge >= 0.3 is 0 Å². The summed E-state index contributed by atoms with van der Waals surface area (Å²) >= 11 is 0. The van der Waals surface area contributed by atoms with E-state index in [2.05, 4.69) is 29.7 Å². The molecule has 4 nitrogen and oxygen atoms in total. The second-order valence-corrected chi connectivity index (χ2v) is 7.49. The van der Waals surface area contributed by atoms with E-state index in [4.69, 9.17) is 9.15 Å². The molecule has 124 valence electrons. The molecule has 1 atom stereocenters. The van der Waals surface area contributed by atoms with E-state index in [1.807, 2.05) is 13.4 Å². The van der Waals surface area contributed by atoms with Gasteiger partial charge in [0, 0.05) is 37.8 Å². The lowest BCUT2D eigenvalue weighted by Crippen LogP contribution is -2.42. The van der Waals surface area contributed by atoms with Gasteiger partial charge in [0.15, 0.2) is 0 Å². The standard InChI is InChI=1S/C18H30N2O2/c1-15(2)20-14-18(10-17(20)13-21-3)5-7-19(8-6-18)11-16-4-9-22-12-16/h4,9,12,15,17H,5-8,10-11,13-14H2,1-3H3/t17-/m1/s1. The van der Waals surface area contributed by atoms with Gasteiger partial charge in [0.05, 0.1) is 19.1 Å². The van der Waals surface area contributed by atoms with Crippen LogP contribution in [0.3, 0.4) is 0 Å². The predicted molar refractivity (Wildman–Crippen MR) is 87.8 cm³/mol. The number of piperidine rings is 1. The fourth-order valence-electron chi connectivity index (χ4n) is 4.34. The monoisotopic (exact) mass is 306 g/mol. The number of rotatable bonds is 5.